The molecule has 3 aromatic rings. The molecule has 0 N–H and O–H groups in total. The van der Waals surface area contributed by atoms with Gasteiger partial charge in [-0.1, -0.05) is 6.07 Å². The van der Waals surface area contributed by atoms with Crippen LogP contribution in [-0.4, -0.2) is 35.4 Å². The summed E-state index contributed by atoms with van der Waals surface area (Å²) >= 11 is 0. The molecule has 7 nitrogen and oxygen atoms in total. The summed E-state index contributed by atoms with van der Waals surface area (Å²) in [4.78, 5) is 18.5. The Morgan fingerprint density at radius 1 is 1.08 bits per heavy atom. The average molecular weight is 509 g/mol. The fourth-order valence-corrected chi connectivity index (χ4v) is 4.27. The van der Waals surface area contributed by atoms with E-state index >= 15 is 0 Å². The zero-order valence-electron chi connectivity index (χ0n) is 18.7. The molecule has 2 aliphatic rings. The summed E-state index contributed by atoms with van der Waals surface area (Å²) in [5.41, 5.74) is -1.43. The number of rotatable bonds is 5. The number of ether oxygens (including phenoxy) is 3. The Kier molecular flexibility index (Phi) is 6.29. The predicted octanol–water partition coefficient (Wildman–Crippen LogP) is 4.52. The third-order valence-electron chi connectivity index (χ3n) is 6.00. The SMILES string of the molecule is O=c1nc(OCc2cc(F)c(Oc3cccc(C(F)(F)F)c3)c(F)c2)cc2n1CC[C@@H]1COCCN21. The third-order valence-corrected chi connectivity index (χ3v) is 6.00. The minimum Gasteiger partial charge on any atom is -0.473 e. The van der Waals surface area contributed by atoms with Gasteiger partial charge in [-0.15, -0.1) is 0 Å². The zero-order chi connectivity index (χ0) is 25.4. The van der Waals surface area contributed by atoms with Crippen molar-refractivity contribution in [3.63, 3.8) is 0 Å². The maximum absolute atomic E-state index is 14.6. The molecule has 0 saturated carbocycles. The molecular formula is C24H20F5N3O4. The smallest absolute Gasteiger partial charge is 0.416 e. The Labute approximate surface area is 201 Å². The molecule has 0 amide bonds. The Bertz CT molecular complexity index is 1320. The van der Waals surface area contributed by atoms with E-state index in [1.165, 1.54) is 0 Å². The van der Waals surface area contributed by atoms with E-state index in [-0.39, 0.29) is 29.8 Å². The van der Waals surface area contributed by atoms with Crippen molar-refractivity contribution in [2.45, 2.75) is 31.8 Å². The van der Waals surface area contributed by atoms with Gasteiger partial charge in [0.2, 0.25) is 5.88 Å². The number of halogens is 5. The summed E-state index contributed by atoms with van der Waals surface area (Å²) in [6.45, 7) is 1.88. The van der Waals surface area contributed by atoms with Crippen LogP contribution in [0.4, 0.5) is 27.8 Å². The summed E-state index contributed by atoms with van der Waals surface area (Å²) in [7, 11) is 0. The van der Waals surface area contributed by atoms with E-state index in [0.29, 0.717) is 38.2 Å². The van der Waals surface area contributed by atoms with Crippen molar-refractivity contribution in [1.29, 1.82) is 0 Å². The van der Waals surface area contributed by atoms with Crippen LogP contribution >= 0.6 is 0 Å². The Morgan fingerprint density at radius 2 is 1.86 bits per heavy atom. The maximum Gasteiger partial charge on any atom is 0.416 e. The molecule has 1 saturated heterocycles. The lowest BCUT2D eigenvalue weighted by Crippen LogP contribution is -2.51. The van der Waals surface area contributed by atoms with Crippen LogP contribution in [-0.2, 0) is 24.1 Å². The number of fused-ring (bicyclic) bond motifs is 3. The maximum atomic E-state index is 14.6. The molecule has 2 aliphatic heterocycles. The van der Waals surface area contributed by atoms with E-state index in [0.717, 1.165) is 36.8 Å². The quantitative estimate of drug-likeness (QED) is 0.472. The highest BCUT2D eigenvalue weighted by Gasteiger charge is 2.32. The van der Waals surface area contributed by atoms with Gasteiger partial charge >= 0.3 is 11.9 Å². The van der Waals surface area contributed by atoms with Gasteiger partial charge in [-0.2, -0.15) is 18.2 Å². The van der Waals surface area contributed by atoms with Gasteiger partial charge in [0, 0.05) is 19.2 Å². The average Bonchev–Trinajstić information content (AvgIpc) is 2.84. The molecule has 190 valence electrons. The van der Waals surface area contributed by atoms with Crippen LogP contribution in [0.1, 0.15) is 17.5 Å². The monoisotopic (exact) mass is 509 g/mol. The Morgan fingerprint density at radius 3 is 2.61 bits per heavy atom. The summed E-state index contributed by atoms with van der Waals surface area (Å²) in [5.74, 6) is -2.81. The highest BCUT2D eigenvalue weighted by molar-refractivity contribution is 5.45. The molecule has 3 heterocycles. The molecule has 0 aliphatic carbocycles. The van der Waals surface area contributed by atoms with E-state index < -0.39 is 34.8 Å². The van der Waals surface area contributed by atoms with Gasteiger partial charge < -0.3 is 19.1 Å². The fraction of sp³-hybridized carbons (Fsp3) is 0.333. The number of anilines is 1. The standard InChI is InChI=1S/C24H20F5N3O4/c25-18-8-14(9-19(26)22(18)36-17-3-1-2-15(10-17)24(27,28)29)12-35-20-11-21-31-6-7-34-13-16(31)4-5-32(21)23(33)30-20/h1-3,8-11,16H,4-7,12-13H2/t16-/m1/s1. The van der Waals surface area contributed by atoms with Gasteiger partial charge in [0.05, 0.1) is 24.8 Å². The minimum atomic E-state index is -4.63. The topological polar surface area (TPSA) is 65.8 Å². The van der Waals surface area contributed by atoms with Crippen LogP contribution < -0.4 is 20.1 Å². The largest absolute Gasteiger partial charge is 0.473 e. The molecule has 0 spiro atoms. The van der Waals surface area contributed by atoms with E-state index in [2.05, 4.69) is 9.88 Å². The minimum absolute atomic E-state index is 0.00324. The van der Waals surface area contributed by atoms with Crippen LogP contribution in [0.5, 0.6) is 17.4 Å². The highest BCUT2D eigenvalue weighted by atomic mass is 19.4. The third kappa shape index (κ3) is 4.85. The molecule has 36 heavy (non-hydrogen) atoms. The first-order chi connectivity index (χ1) is 17.2. The summed E-state index contributed by atoms with van der Waals surface area (Å²) in [6.07, 6.45) is -3.88. The molecule has 1 fully saturated rings. The summed E-state index contributed by atoms with van der Waals surface area (Å²) in [5, 5.41) is 0. The zero-order valence-corrected chi connectivity index (χ0v) is 18.7. The van der Waals surface area contributed by atoms with Crippen LogP contribution in [0.25, 0.3) is 0 Å². The second kappa shape index (κ2) is 9.41. The fourth-order valence-electron chi connectivity index (χ4n) is 4.27. The van der Waals surface area contributed by atoms with Gasteiger partial charge in [0.25, 0.3) is 0 Å². The lowest BCUT2D eigenvalue weighted by Gasteiger charge is -2.41. The number of benzene rings is 2. The lowest BCUT2D eigenvalue weighted by molar-refractivity contribution is -0.137. The Balaban J connectivity index is 1.32. The van der Waals surface area contributed by atoms with Crippen molar-refractivity contribution >= 4 is 5.82 Å². The molecule has 5 rings (SSSR count). The number of morpholine rings is 1. The first kappa shape index (κ1) is 24.0. The summed E-state index contributed by atoms with van der Waals surface area (Å²) < 4.78 is 85.5. The molecular weight excluding hydrogens is 489 g/mol. The van der Waals surface area contributed by atoms with Crippen LogP contribution in [0.2, 0.25) is 0 Å². The lowest BCUT2D eigenvalue weighted by atomic mass is 10.1. The van der Waals surface area contributed by atoms with Crippen LogP contribution in [0.15, 0.2) is 47.3 Å². The normalized spacial score (nSPS) is 17.4. The van der Waals surface area contributed by atoms with Crippen LogP contribution in [0.3, 0.4) is 0 Å². The molecule has 0 bridgehead atoms. The molecule has 1 aromatic heterocycles. The van der Waals surface area contributed by atoms with Gasteiger partial charge in [-0.25, -0.2) is 13.6 Å². The number of aromatic nitrogens is 2. The molecule has 1 atom stereocenters. The van der Waals surface area contributed by atoms with Gasteiger partial charge in [-0.05, 0) is 42.3 Å². The molecule has 2 aromatic carbocycles. The molecule has 0 radical (unpaired) electrons. The number of alkyl halides is 3. The van der Waals surface area contributed by atoms with Crippen molar-refractivity contribution in [3.05, 3.63) is 75.7 Å². The second-order valence-corrected chi connectivity index (χ2v) is 8.40. The first-order valence-electron chi connectivity index (χ1n) is 11.1. The number of nitrogens with zero attached hydrogens (tertiary/aromatic N) is 3. The van der Waals surface area contributed by atoms with Gasteiger partial charge in [0.1, 0.15) is 18.2 Å². The van der Waals surface area contributed by atoms with E-state index in [4.69, 9.17) is 14.2 Å². The van der Waals surface area contributed by atoms with Crippen molar-refractivity contribution in [3.8, 4) is 17.4 Å². The van der Waals surface area contributed by atoms with Crippen molar-refractivity contribution in [2.75, 3.05) is 24.7 Å². The predicted molar refractivity (Wildman–Crippen MR) is 117 cm³/mol. The number of hydrogen-bond donors (Lipinski definition) is 0. The Hall–Kier alpha value is -3.67. The van der Waals surface area contributed by atoms with E-state index in [1.807, 2.05) is 0 Å². The second-order valence-electron chi connectivity index (χ2n) is 8.40. The van der Waals surface area contributed by atoms with E-state index in [1.54, 1.807) is 10.6 Å². The van der Waals surface area contributed by atoms with Crippen molar-refractivity contribution < 1.29 is 36.2 Å². The number of hydrogen-bond acceptors (Lipinski definition) is 6. The van der Waals surface area contributed by atoms with Gasteiger partial charge in [0.15, 0.2) is 17.4 Å². The molecule has 0 unspecified atom stereocenters. The molecule has 12 heteroatoms. The van der Waals surface area contributed by atoms with Crippen molar-refractivity contribution in [2.24, 2.45) is 0 Å². The van der Waals surface area contributed by atoms with Gasteiger partial charge in [-0.3, -0.25) is 4.57 Å². The van der Waals surface area contributed by atoms with Crippen molar-refractivity contribution in [1.82, 2.24) is 9.55 Å². The summed E-state index contributed by atoms with van der Waals surface area (Å²) in [6, 6.07) is 7.32. The first-order valence-corrected chi connectivity index (χ1v) is 11.1. The van der Waals surface area contributed by atoms with Crippen LogP contribution in [0, 0.1) is 11.6 Å². The highest BCUT2D eigenvalue weighted by Crippen LogP contribution is 2.34. The van der Waals surface area contributed by atoms with E-state index in [9.17, 15) is 26.7 Å².